The summed E-state index contributed by atoms with van der Waals surface area (Å²) in [4.78, 5) is 9.19. The summed E-state index contributed by atoms with van der Waals surface area (Å²) in [6.45, 7) is 6.67. The number of nitrogens with two attached hydrogens (primary N) is 2. The van der Waals surface area contributed by atoms with Crippen LogP contribution >= 0.6 is 0 Å². The van der Waals surface area contributed by atoms with Gasteiger partial charge >= 0.3 is 20.8 Å². The number of hydrogen-bond acceptors (Lipinski definition) is 7. The molecule has 0 amide bonds. The zero-order valence-electron chi connectivity index (χ0n) is 14.2. The molecular weight excluding hydrogens is 394 g/mol. The monoisotopic (exact) mass is 421 g/mol. The van der Waals surface area contributed by atoms with Crippen molar-refractivity contribution < 1.29 is 35.0 Å². The second-order valence-corrected chi connectivity index (χ2v) is 7.48. The molecule has 0 radical (unpaired) electrons. The van der Waals surface area contributed by atoms with Crippen molar-refractivity contribution in [2.24, 2.45) is 16.5 Å². The van der Waals surface area contributed by atoms with Gasteiger partial charge in [0.25, 0.3) is 0 Å². The number of rotatable bonds is 3. The lowest BCUT2D eigenvalue weighted by molar-refractivity contribution is 0.223. The highest BCUT2D eigenvalue weighted by Gasteiger charge is 2.28. The zero-order chi connectivity index (χ0) is 20.4. The molecule has 2 aliphatic rings. The molecule has 13 nitrogen and oxygen atoms in total. The van der Waals surface area contributed by atoms with Gasteiger partial charge in [-0.15, -0.1) is 0 Å². The molecule has 1 unspecified atom stereocenters. The van der Waals surface area contributed by atoms with Gasteiger partial charge in [0.1, 0.15) is 0 Å². The first-order valence-electron chi connectivity index (χ1n) is 7.67. The third-order valence-electron chi connectivity index (χ3n) is 3.60. The first-order chi connectivity index (χ1) is 11.8. The molecule has 0 spiro atoms. The van der Waals surface area contributed by atoms with Crippen LogP contribution in [0.15, 0.2) is 4.99 Å². The maximum Gasteiger partial charge on any atom is 0.394 e. The fraction of sp³-hybridized carbons (Fsp3) is 0.909. The Labute approximate surface area is 153 Å². The molecule has 2 rings (SSSR count). The van der Waals surface area contributed by atoms with E-state index in [-0.39, 0.29) is 5.96 Å². The summed E-state index contributed by atoms with van der Waals surface area (Å²) in [5.74, 6) is 0.206. The minimum absolute atomic E-state index is 0.206. The fourth-order valence-electron chi connectivity index (χ4n) is 2.81. The molecule has 0 aromatic heterocycles. The van der Waals surface area contributed by atoms with Gasteiger partial charge in [-0.3, -0.25) is 33.0 Å². The Balaban J connectivity index is 0.000000520. The van der Waals surface area contributed by atoms with E-state index in [0.717, 1.165) is 19.1 Å². The van der Waals surface area contributed by atoms with Crippen LogP contribution in [0.4, 0.5) is 0 Å². The summed E-state index contributed by atoms with van der Waals surface area (Å²) in [6, 6.07) is 0.779. The standard InChI is InChI=1S/C11H23N5.2H2O4S/c12-11(13)14-4-8-15-5-2-7-16-6-1-3-10(16)9-15;2*1-5(2,3)4/h10H,1-9H2,(H4,12,13,14);2*(H2,1,2,3,4). The quantitative estimate of drug-likeness (QED) is 0.167. The predicted molar refractivity (Wildman–Crippen MR) is 94.7 cm³/mol. The normalized spacial score (nSPS) is 21.3. The van der Waals surface area contributed by atoms with E-state index in [1.54, 1.807) is 0 Å². The molecule has 0 bridgehead atoms. The Kier molecular flexibility index (Phi) is 11.1. The van der Waals surface area contributed by atoms with Gasteiger partial charge in [0, 0.05) is 19.1 Å². The van der Waals surface area contributed by atoms with Crippen LogP contribution in [0.5, 0.6) is 0 Å². The van der Waals surface area contributed by atoms with Gasteiger partial charge in [-0.25, -0.2) is 0 Å². The molecule has 2 heterocycles. The molecule has 0 aromatic carbocycles. The number of hydrogen-bond donors (Lipinski definition) is 6. The molecule has 2 aliphatic heterocycles. The highest BCUT2D eigenvalue weighted by atomic mass is 32.3. The van der Waals surface area contributed by atoms with Crippen molar-refractivity contribution in [3.8, 4) is 0 Å². The van der Waals surface area contributed by atoms with Gasteiger partial charge in [0.15, 0.2) is 5.96 Å². The lowest BCUT2D eigenvalue weighted by Gasteiger charge is -2.24. The third-order valence-corrected chi connectivity index (χ3v) is 3.60. The molecule has 8 N–H and O–H groups in total. The number of fused-ring (bicyclic) bond motifs is 1. The summed E-state index contributed by atoms with van der Waals surface area (Å²) in [5.41, 5.74) is 10.7. The van der Waals surface area contributed by atoms with E-state index in [2.05, 4.69) is 14.8 Å². The lowest BCUT2D eigenvalue weighted by Crippen LogP contribution is -2.37. The van der Waals surface area contributed by atoms with Crippen molar-refractivity contribution in [3.05, 3.63) is 0 Å². The summed E-state index contributed by atoms with van der Waals surface area (Å²) < 4.78 is 63.2. The topological polar surface area (TPSA) is 220 Å². The van der Waals surface area contributed by atoms with Crippen LogP contribution in [-0.2, 0) is 20.8 Å². The zero-order valence-corrected chi connectivity index (χ0v) is 15.8. The van der Waals surface area contributed by atoms with Crippen molar-refractivity contribution in [2.45, 2.75) is 25.3 Å². The van der Waals surface area contributed by atoms with E-state index in [9.17, 15) is 0 Å². The van der Waals surface area contributed by atoms with Gasteiger partial charge in [0.05, 0.1) is 6.54 Å². The van der Waals surface area contributed by atoms with Crippen LogP contribution < -0.4 is 11.5 Å². The Morgan fingerprint density at radius 3 is 1.96 bits per heavy atom. The average Bonchev–Trinajstić information content (AvgIpc) is 2.73. The van der Waals surface area contributed by atoms with Crippen LogP contribution in [0, 0.1) is 0 Å². The SMILES string of the molecule is NC(N)=NCCN1CCCN2CCCC2C1.O=S(=O)(O)O.O=S(=O)(O)O. The van der Waals surface area contributed by atoms with Gasteiger partial charge in [0.2, 0.25) is 0 Å². The minimum Gasteiger partial charge on any atom is -0.370 e. The molecule has 0 aliphatic carbocycles. The van der Waals surface area contributed by atoms with E-state index in [4.69, 9.17) is 46.5 Å². The molecule has 26 heavy (non-hydrogen) atoms. The lowest BCUT2D eigenvalue weighted by atomic mass is 10.2. The molecule has 156 valence electrons. The van der Waals surface area contributed by atoms with Crippen molar-refractivity contribution in [2.75, 3.05) is 39.3 Å². The largest absolute Gasteiger partial charge is 0.394 e. The summed E-state index contributed by atoms with van der Waals surface area (Å²) >= 11 is 0. The highest BCUT2D eigenvalue weighted by molar-refractivity contribution is 7.80. The fourth-order valence-corrected chi connectivity index (χ4v) is 2.81. The van der Waals surface area contributed by atoms with Crippen molar-refractivity contribution in [1.29, 1.82) is 0 Å². The Morgan fingerprint density at radius 1 is 0.962 bits per heavy atom. The molecule has 2 saturated heterocycles. The van der Waals surface area contributed by atoms with Gasteiger partial charge < -0.3 is 11.5 Å². The van der Waals surface area contributed by atoms with E-state index in [0.29, 0.717) is 0 Å². The average molecular weight is 421 g/mol. The number of guanidine groups is 1. The Hall–Kier alpha value is -1.07. The van der Waals surface area contributed by atoms with Crippen molar-refractivity contribution in [1.82, 2.24) is 9.80 Å². The summed E-state index contributed by atoms with van der Waals surface area (Å²) in [7, 11) is -9.33. The Bertz CT molecular complexity index is 589. The number of aliphatic imine (C=N–C) groups is 1. The van der Waals surface area contributed by atoms with E-state index in [1.807, 2.05) is 0 Å². The molecule has 0 aromatic rings. The maximum atomic E-state index is 8.74. The first-order valence-corrected chi connectivity index (χ1v) is 10.5. The van der Waals surface area contributed by atoms with E-state index in [1.165, 1.54) is 45.4 Å². The smallest absolute Gasteiger partial charge is 0.370 e. The molecule has 1 atom stereocenters. The second kappa shape index (κ2) is 11.6. The van der Waals surface area contributed by atoms with Gasteiger partial charge in [-0.2, -0.15) is 16.8 Å². The molecule has 15 heteroatoms. The van der Waals surface area contributed by atoms with Crippen LogP contribution in [0.3, 0.4) is 0 Å². The maximum absolute atomic E-state index is 8.74. The minimum atomic E-state index is -4.67. The molecule has 2 fully saturated rings. The highest BCUT2D eigenvalue weighted by Crippen LogP contribution is 2.20. The van der Waals surface area contributed by atoms with Gasteiger partial charge in [-0.1, -0.05) is 0 Å². The van der Waals surface area contributed by atoms with Gasteiger partial charge in [-0.05, 0) is 38.9 Å². The number of nitrogens with zero attached hydrogens (tertiary/aromatic N) is 3. The van der Waals surface area contributed by atoms with Crippen LogP contribution in [0.1, 0.15) is 19.3 Å². The third kappa shape index (κ3) is 17.7. The van der Waals surface area contributed by atoms with Crippen molar-refractivity contribution in [3.63, 3.8) is 0 Å². The second-order valence-electron chi connectivity index (χ2n) is 5.69. The summed E-state index contributed by atoms with van der Waals surface area (Å²) in [6.07, 6.45) is 4.00. The van der Waals surface area contributed by atoms with E-state index >= 15 is 0 Å². The molecular formula is C11H27N5O8S2. The van der Waals surface area contributed by atoms with Crippen LogP contribution in [0.2, 0.25) is 0 Å². The van der Waals surface area contributed by atoms with Crippen LogP contribution in [0.25, 0.3) is 0 Å². The predicted octanol–water partition coefficient (Wildman–Crippen LogP) is -1.88. The first kappa shape index (κ1) is 24.9. The Morgan fingerprint density at radius 2 is 1.46 bits per heavy atom. The molecule has 0 saturated carbocycles. The van der Waals surface area contributed by atoms with E-state index < -0.39 is 20.8 Å². The van der Waals surface area contributed by atoms with Crippen LogP contribution in [-0.4, -0.2) is 96.1 Å². The van der Waals surface area contributed by atoms with Crippen molar-refractivity contribution >= 4 is 26.8 Å². The summed E-state index contributed by atoms with van der Waals surface area (Å²) in [5, 5.41) is 0.